The first-order chi connectivity index (χ1) is 14.2. The average Bonchev–Trinajstić information content (AvgIpc) is 3.13. The number of carbonyl (C=O) groups excluding carboxylic acids is 1. The number of carbonyl (C=O) groups is 1. The number of pyridine rings is 1. The molecule has 30 heavy (non-hydrogen) atoms. The fourth-order valence-corrected chi connectivity index (χ4v) is 2.65. The largest absolute Gasteiger partial charge is 0.475 e. The van der Waals surface area contributed by atoms with E-state index in [-0.39, 0.29) is 43.1 Å². The molecule has 0 bridgehead atoms. The van der Waals surface area contributed by atoms with Gasteiger partial charge in [0.1, 0.15) is 23.5 Å². The molecule has 3 N–H and O–H groups in total. The van der Waals surface area contributed by atoms with Crippen LogP contribution in [0.15, 0.2) is 27.9 Å². The molecule has 0 aliphatic carbocycles. The van der Waals surface area contributed by atoms with Gasteiger partial charge in [-0.1, -0.05) is 0 Å². The van der Waals surface area contributed by atoms with Crippen molar-refractivity contribution in [2.24, 2.45) is 7.05 Å². The van der Waals surface area contributed by atoms with Crippen LogP contribution in [0.4, 0.5) is 13.2 Å². The first-order valence-corrected chi connectivity index (χ1v) is 8.76. The third-order valence-electron chi connectivity index (χ3n) is 4.13. The maximum Gasteiger partial charge on any atom is 0.421 e. The summed E-state index contributed by atoms with van der Waals surface area (Å²) in [5.74, 6) is -0.609. The van der Waals surface area contributed by atoms with E-state index in [2.05, 4.69) is 25.3 Å². The first kappa shape index (κ1) is 21.1. The van der Waals surface area contributed by atoms with Gasteiger partial charge in [-0.25, -0.2) is 14.8 Å². The number of aryl methyl sites for hydroxylation is 2. The number of hydrogen-bond donors (Lipinski definition) is 3. The molecule has 0 aliphatic heterocycles. The maximum absolute atomic E-state index is 12.9. The molecule has 0 aromatic carbocycles. The smallest absolute Gasteiger partial charge is 0.421 e. The summed E-state index contributed by atoms with van der Waals surface area (Å²) < 4.78 is 44.8. The number of aromatic amines is 2. The molecule has 3 heterocycles. The number of alkyl halides is 3. The summed E-state index contributed by atoms with van der Waals surface area (Å²) in [5.41, 5.74) is -1.92. The molecule has 3 aromatic heterocycles. The van der Waals surface area contributed by atoms with Crippen molar-refractivity contribution in [3.8, 4) is 5.88 Å². The maximum atomic E-state index is 12.9. The zero-order valence-corrected chi connectivity index (χ0v) is 15.7. The van der Waals surface area contributed by atoms with Gasteiger partial charge in [-0.05, 0) is 12.1 Å². The Morgan fingerprint density at radius 2 is 2.07 bits per heavy atom. The molecule has 10 nitrogen and oxygen atoms in total. The SMILES string of the molecule is Cn1c(=O)[nH]c(=O)c2[nH]c(CCC(=O)NCCOc3ncccc3C(F)(F)F)nc21. The molecule has 0 aliphatic rings. The van der Waals surface area contributed by atoms with Crippen LogP contribution in [0.3, 0.4) is 0 Å². The van der Waals surface area contributed by atoms with Gasteiger partial charge in [0.25, 0.3) is 5.56 Å². The molecule has 0 atom stereocenters. The highest BCUT2D eigenvalue weighted by molar-refractivity contribution is 5.76. The highest BCUT2D eigenvalue weighted by atomic mass is 19.4. The summed E-state index contributed by atoms with van der Waals surface area (Å²) in [4.78, 5) is 47.9. The second kappa shape index (κ2) is 8.39. The second-order valence-corrected chi connectivity index (χ2v) is 6.25. The van der Waals surface area contributed by atoms with Crippen LogP contribution in [-0.4, -0.2) is 43.6 Å². The number of imidazole rings is 1. The lowest BCUT2D eigenvalue weighted by Gasteiger charge is -2.12. The van der Waals surface area contributed by atoms with Crippen molar-refractivity contribution in [3.05, 3.63) is 50.6 Å². The predicted octanol–water partition coefficient (Wildman–Crippen LogP) is 0.491. The number of nitrogens with one attached hydrogen (secondary N) is 3. The van der Waals surface area contributed by atoms with E-state index in [1.165, 1.54) is 17.8 Å². The van der Waals surface area contributed by atoms with E-state index in [0.29, 0.717) is 5.82 Å². The van der Waals surface area contributed by atoms with E-state index in [1.807, 2.05) is 0 Å². The molecular weight excluding hydrogens is 409 g/mol. The Balaban J connectivity index is 1.50. The van der Waals surface area contributed by atoms with E-state index in [9.17, 15) is 27.6 Å². The van der Waals surface area contributed by atoms with Crippen molar-refractivity contribution in [1.29, 1.82) is 0 Å². The van der Waals surface area contributed by atoms with Crippen LogP contribution in [0.2, 0.25) is 0 Å². The molecule has 0 radical (unpaired) electrons. The van der Waals surface area contributed by atoms with Gasteiger partial charge >= 0.3 is 11.9 Å². The number of H-pyrrole nitrogens is 2. The fraction of sp³-hybridized carbons (Fsp3) is 0.353. The molecule has 0 fully saturated rings. The molecule has 0 unspecified atom stereocenters. The molecule has 160 valence electrons. The van der Waals surface area contributed by atoms with Crippen LogP contribution >= 0.6 is 0 Å². The Morgan fingerprint density at radius 1 is 1.30 bits per heavy atom. The van der Waals surface area contributed by atoms with E-state index >= 15 is 0 Å². The molecule has 13 heteroatoms. The lowest BCUT2D eigenvalue weighted by atomic mass is 10.2. The number of rotatable bonds is 7. The monoisotopic (exact) mass is 426 g/mol. The van der Waals surface area contributed by atoms with Crippen LogP contribution in [0.5, 0.6) is 5.88 Å². The Kier molecular flexibility index (Phi) is 5.89. The van der Waals surface area contributed by atoms with Crippen molar-refractivity contribution in [1.82, 2.24) is 29.8 Å². The quantitative estimate of drug-likeness (QED) is 0.471. The Labute approximate surface area is 166 Å². The number of halogens is 3. The number of fused-ring (bicyclic) bond motifs is 1. The van der Waals surface area contributed by atoms with Crippen LogP contribution in [0.1, 0.15) is 17.8 Å². The molecule has 0 saturated heterocycles. The number of ether oxygens (including phenoxy) is 1. The summed E-state index contributed by atoms with van der Waals surface area (Å²) in [6.07, 6.45) is -3.25. The first-order valence-electron chi connectivity index (χ1n) is 8.76. The van der Waals surface area contributed by atoms with Crippen molar-refractivity contribution < 1.29 is 22.7 Å². The van der Waals surface area contributed by atoms with Gasteiger partial charge in [0, 0.05) is 26.1 Å². The van der Waals surface area contributed by atoms with E-state index < -0.39 is 28.9 Å². The highest BCUT2D eigenvalue weighted by Crippen LogP contribution is 2.34. The van der Waals surface area contributed by atoms with Gasteiger partial charge in [0.05, 0.1) is 6.54 Å². The minimum atomic E-state index is -4.59. The third kappa shape index (κ3) is 4.67. The Morgan fingerprint density at radius 3 is 2.80 bits per heavy atom. The van der Waals surface area contributed by atoms with Crippen molar-refractivity contribution in [3.63, 3.8) is 0 Å². The second-order valence-electron chi connectivity index (χ2n) is 6.25. The number of amides is 1. The van der Waals surface area contributed by atoms with Crippen LogP contribution < -0.4 is 21.3 Å². The fourth-order valence-electron chi connectivity index (χ4n) is 2.65. The molecule has 0 spiro atoms. The topological polar surface area (TPSA) is 135 Å². The van der Waals surface area contributed by atoms with Crippen molar-refractivity contribution in [2.75, 3.05) is 13.2 Å². The molecule has 3 aromatic rings. The highest BCUT2D eigenvalue weighted by Gasteiger charge is 2.35. The number of hydrogen-bond acceptors (Lipinski definition) is 6. The average molecular weight is 426 g/mol. The summed E-state index contributed by atoms with van der Waals surface area (Å²) >= 11 is 0. The summed E-state index contributed by atoms with van der Waals surface area (Å²) in [7, 11) is 1.45. The van der Waals surface area contributed by atoms with E-state index in [0.717, 1.165) is 12.1 Å². The number of aromatic nitrogens is 5. The van der Waals surface area contributed by atoms with Gasteiger partial charge in [0.15, 0.2) is 5.65 Å². The summed E-state index contributed by atoms with van der Waals surface area (Å²) in [6, 6.07) is 2.01. The van der Waals surface area contributed by atoms with Gasteiger partial charge in [-0.2, -0.15) is 13.2 Å². The van der Waals surface area contributed by atoms with Crippen molar-refractivity contribution >= 4 is 17.1 Å². The Bertz CT molecular complexity index is 1180. The summed E-state index contributed by atoms with van der Waals surface area (Å²) in [6.45, 7) is -0.227. The molecule has 0 saturated carbocycles. The Hall–Kier alpha value is -3.64. The minimum absolute atomic E-state index is 0.00304. The summed E-state index contributed by atoms with van der Waals surface area (Å²) in [5, 5.41) is 2.51. The van der Waals surface area contributed by atoms with Gasteiger partial charge in [-0.15, -0.1) is 0 Å². The third-order valence-corrected chi connectivity index (χ3v) is 4.13. The van der Waals surface area contributed by atoms with Gasteiger partial charge in [0.2, 0.25) is 11.8 Å². The van der Waals surface area contributed by atoms with E-state index in [1.54, 1.807) is 0 Å². The standard InChI is InChI=1S/C17H17F3N6O4/c1-26-13-12(14(28)25-16(26)29)23-10(24-13)4-5-11(27)21-7-8-30-15-9(17(18,19)20)3-2-6-22-15/h2-3,6H,4-5,7-8H2,1H3,(H,21,27)(H,23,24)(H,25,28,29). The molecular formula is C17H17F3N6O4. The van der Waals surface area contributed by atoms with Crippen LogP contribution in [0.25, 0.3) is 11.2 Å². The van der Waals surface area contributed by atoms with Gasteiger partial charge in [-0.3, -0.25) is 19.1 Å². The minimum Gasteiger partial charge on any atom is -0.475 e. The zero-order chi connectivity index (χ0) is 21.9. The van der Waals surface area contributed by atoms with Crippen LogP contribution in [-0.2, 0) is 24.4 Å². The zero-order valence-electron chi connectivity index (χ0n) is 15.7. The lowest BCUT2D eigenvalue weighted by molar-refractivity contribution is -0.139. The predicted molar refractivity (Wildman–Crippen MR) is 98.0 cm³/mol. The molecule has 1 amide bonds. The normalized spacial score (nSPS) is 11.6. The molecule has 3 rings (SSSR count). The number of nitrogens with zero attached hydrogens (tertiary/aromatic N) is 3. The lowest BCUT2D eigenvalue weighted by Crippen LogP contribution is -2.28. The van der Waals surface area contributed by atoms with Crippen molar-refractivity contribution in [2.45, 2.75) is 19.0 Å². The van der Waals surface area contributed by atoms with E-state index in [4.69, 9.17) is 4.74 Å². The van der Waals surface area contributed by atoms with Crippen LogP contribution in [0, 0.1) is 0 Å². The van der Waals surface area contributed by atoms with Gasteiger partial charge < -0.3 is 15.0 Å².